The third-order valence-electron chi connectivity index (χ3n) is 4.46. The number of pyridine rings is 1. The summed E-state index contributed by atoms with van der Waals surface area (Å²) in [5.41, 5.74) is 2.59. The molecule has 0 saturated heterocycles. The number of amides is 1. The number of carbonyl (C=O) groups is 1. The van der Waals surface area contributed by atoms with E-state index in [-0.39, 0.29) is 5.82 Å². The van der Waals surface area contributed by atoms with E-state index in [4.69, 9.17) is 23.2 Å². The van der Waals surface area contributed by atoms with Crippen LogP contribution in [0, 0.1) is 6.92 Å². The van der Waals surface area contributed by atoms with Crippen molar-refractivity contribution >= 4 is 45.8 Å². The van der Waals surface area contributed by atoms with Gasteiger partial charge in [-0.05, 0) is 25.1 Å². The van der Waals surface area contributed by atoms with E-state index in [1.807, 2.05) is 27.0 Å². The van der Waals surface area contributed by atoms with Crippen molar-refractivity contribution in [1.29, 1.82) is 0 Å². The van der Waals surface area contributed by atoms with Crippen LogP contribution < -0.4 is 5.32 Å². The topological polar surface area (TPSA) is 90.5 Å². The minimum atomic E-state index is -0.454. The number of anilines is 1. The zero-order valence-corrected chi connectivity index (χ0v) is 17.5. The Morgan fingerprint density at radius 1 is 1.21 bits per heavy atom. The summed E-state index contributed by atoms with van der Waals surface area (Å²) < 4.78 is 3.20. The zero-order chi connectivity index (χ0) is 20.7. The standard InChI is InChI=1S/C19H17Cl2N7O/c1-4-15-24-17(26-28(15)16-13(20)6-5-7-14(16)21)19(29)23-11-8-12-10(2)25-27(3)18(12)22-9-11/h5-9H,4H2,1-3H3,(H,23,29). The number of benzene rings is 1. The number of aryl methyl sites for hydroxylation is 3. The lowest BCUT2D eigenvalue weighted by atomic mass is 10.2. The van der Waals surface area contributed by atoms with Crippen molar-refractivity contribution in [2.24, 2.45) is 7.05 Å². The Labute approximate surface area is 176 Å². The first-order chi connectivity index (χ1) is 13.9. The quantitative estimate of drug-likeness (QED) is 0.529. The Bertz CT molecular complexity index is 1220. The van der Waals surface area contributed by atoms with Crippen molar-refractivity contribution in [3.63, 3.8) is 0 Å². The van der Waals surface area contributed by atoms with Crippen LogP contribution in [0.15, 0.2) is 30.5 Å². The number of halogens is 2. The maximum atomic E-state index is 12.8. The second kappa shape index (κ2) is 7.46. The normalized spacial score (nSPS) is 11.2. The van der Waals surface area contributed by atoms with E-state index in [0.29, 0.717) is 33.7 Å². The van der Waals surface area contributed by atoms with E-state index in [0.717, 1.165) is 16.7 Å². The zero-order valence-electron chi connectivity index (χ0n) is 15.9. The predicted molar refractivity (Wildman–Crippen MR) is 112 cm³/mol. The van der Waals surface area contributed by atoms with Crippen LogP contribution >= 0.6 is 23.2 Å². The number of para-hydroxylation sites is 1. The Hall–Kier alpha value is -2.97. The molecule has 0 bridgehead atoms. The lowest BCUT2D eigenvalue weighted by Crippen LogP contribution is -2.14. The summed E-state index contributed by atoms with van der Waals surface area (Å²) >= 11 is 12.6. The van der Waals surface area contributed by atoms with Gasteiger partial charge in [0.15, 0.2) is 5.65 Å². The molecule has 1 aromatic carbocycles. The summed E-state index contributed by atoms with van der Waals surface area (Å²) in [6, 6.07) is 6.99. The Balaban J connectivity index is 1.68. The fraction of sp³-hybridized carbons (Fsp3) is 0.211. The van der Waals surface area contributed by atoms with Gasteiger partial charge in [0, 0.05) is 18.9 Å². The maximum Gasteiger partial charge on any atom is 0.295 e. The van der Waals surface area contributed by atoms with Gasteiger partial charge in [0.05, 0.1) is 27.6 Å². The lowest BCUT2D eigenvalue weighted by molar-refractivity contribution is 0.101. The number of hydrogen-bond donors (Lipinski definition) is 1. The first-order valence-corrected chi connectivity index (χ1v) is 9.65. The minimum Gasteiger partial charge on any atom is -0.318 e. The Morgan fingerprint density at radius 3 is 2.62 bits per heavy atom. The van der Waals surface area contributed by atoms with Gasteiger partial charge in [0.1, 0.15) is 11.5 Å². The van der Waals surface area contributed by atoms with Gasteiger partial charge in [0.2, 0.25) is 5.82 Å². The summed E-state index contributed by atoms with van der Waals surface area (Å²) in [5, 5.41) is 13.2. The molecule has 0 radical (unpaired) electrons. The molecule has 4 rings (SSSR count). The number of nitrogens with zero attached hydrogens (tertiary/aromatic N) is 6. The monoisotopic (exact) mass is 429 g/mol. The van der Waals surface area contributed by atoms with Crippen molar-refractivity contribution in [2.75, 3.05) is 5.32 Å². The van der Waals surface area contributed by atoms with Crippen molar-refractivity contribution in [1.82, 2.24) is 29.5 Å². The largest absolute Gasteiger partial charge is 0.318 e. The number of rotatable bonds is 4. The van der Waals surface area contributed by atoms with E-state index in [1.54, 1.807) is 29.1 Å². The van der Waals surface area contributed by atoms with Gasteiger partial charge < -0.3 is 5.32 Å². The summed E-state index contributed by atoms with van der Waals surface area (Å²) in [6.45, 7) is 3.80. The molecular weight excluding hydrogens is 413 g/mol. The molecular formula is C19H17Cl2N7O. The molecule has 29 heavy (non-hydrogen) atoms. The summed E-state index contributed by atoms with van der Waals surface area (Å²) in [7, 11) is 1.82. The fourth-order valence-electron chi connectivity index (χ4n) is 3.10. The van der Waals surface area contributed by atoms with Crippen LogP contribution in [0.1, 0.15) is 29.1 Å². The van der Waals surface area contributed by atoms with Crippen molar-refractivity contribution in [3.05, 3.63) is 57.9 Å². The highest BCUT2D eigenvalue weighted by molar-refractivity contribution is 6.37. The maximum absolute atomic E-state index is 12.8. The molecule has 1 amide bonds. The number of hydrogen-bond acceptors (Lipinski definition) is 5. The van der Waals surface area contributed by atoms with Crippen LogP contribution in [-0.2, 0) is 13.5 Å². The van der Waals surface area contributed by atoms with E-state index < -0.39 is 5.91 Å². The average molecular weight is 430 g/mol. The molecule has 0 spiro atoms. The van der Waals surface area contributed by atoms with Crippen molar-refractivity contribution in [3.8, 4) is 5.69 Å². The van der Waals surface area contributed by atoms with Gasteiger partial charge in [-0.1, -0.05) is 36.2 Å². The van der Waals surface area contributed by atoms with Crippen LogP contribution in [0.4, 0.5) is 5.69 Å². The second-order valence-electron chi connectivity index (χ2n) is 6.45. The highest BCUT2D eigenvalue weighted by atomic mass is 35.5. The molecule has 0 atom stereocenters. The molecule has 3 heterocycles. The molecule has 10 heteroatoms. The summed E-state index contributed by atoms with van der Waals surface area (Å²) in [6.07, 6.45) is 2.12. The first kappa shape index (κ1) is 19.4. The average Bonchev–Trinajstić information content (AvgIpc) is 3.23. The molecule has 0 aliphatic rings. The van der Waals surface area contributed by atoms with Crippen molar-refractivity contribution in [2.45, 2.75) is 20.3 Å². The van der Waals surface area contributed by atoms with Gasteiger partial charge in [-0.15, -0.1) is 5.10 Å². The molecule has 148 valence electrons. The first-order valence-electron chi connectivity index (χ1n) is 8.90. The van der Waals surface area contributed by atoms with Crippen LogP contribution in [0.2, 0.25) is 10.0 Å². The Kier molecular flexibility index (Phi) is 4.97. The number of aromatic nitrogens is 6. The van der Waals surface area contributed by atoms with Gasteiger partial charge >= 0.3 is 0 Å². The Morgan fingerprint density at radius 2 is 1.93 bits per heavy atom. The van der Waals surface area contributed by atoms with Gasteiger partial charge in [-0.3, -0.25) is 9.48 Å². The van der Waals surface area contributed by atoms with Crippen LogP contribution in [0.5, 0.6) is 0 Å². The molecule has 0 aliphatic carbocycles. The van der Waals surface area contributed by atoms with E-state index >= 15 is 0 Å². The van der Waals surface area contributed by atoms with E-state index in [9.17, 15) is 4.79 Å². The fourth-order valence-corrected chi connectivity index (χ4v) is 3.66. The van der Waals surface area contributed by atoms with Gasteiger partial charge in [-0.25, -0.2) is 14.6 Å². The van der Waals surface area contributed by atoms with Crippen LogP contribution in [0.25, 0.3) is 16.7 Å². The smallest absolute Gasteiger partial charge is 0.295 e. The lowest BCUT2D eigenvalue weighted by Gasteiger charge is -2.08. The summed E-state index contributed by atoms with van der Waals surface area (Å²) in [5.74, 6) is 0.131. The number of carbonyl (C=O) groups excluding carboxylic acids is 1. The minimum absolute atomic E-state index is 0.0147. The molecule has 3 aromatic heterocycles. The molecule has 1 N–H and O–H groups in total. The van der Waals surface area contributed by atoms with E-state index in [1.165, 1.54) is 4.68 Å². The van der Waals surface area contributed by atoms with Gasteiger partial charge in [0.25, 0.3) is 5.91 Å². The molecule has 0 fully saturated rings. The predicted octanol–water partition coefficient (Wildman–Crippen LogP) is 3.98. The highest BCUT2D eigenvalue weighted by Gasteiger charge is 2.20. The third-order valence-corrected chi connectivity index (χ3v) is 5.07. The van der Waals surface area contributed by atoms with Gasteiger partial charge in [-0.2, -0.15) is 5.10 Å². The second-order valence-corrected chi connectivity index (χ2v) is 7.26. The third kappa shape index (κ3) is 3.45. The number of nitrogens with one attached hydrogen (secondary N) is 1. The SMILES string of the molecule is CCc1nc(C(=O)Nc2cnc3c(c2)c(C)nn3C)nn1-c1c(Cl)cccc1Cl. The molecule has 8 nitrogen and oxygen atoms in total. The van der Waals surface area contributed by atoms with Crippen molar-refractivity contribution < 1.29 is 4.79 Å². The molecule has 0 saturated carbocycles. The number of fused-ring (bicyclic) bond motifs is 1. The summed E-state index contributed by atoms with van der Waals surface area (Å²) in [4.78, 5) is 21.5. The van der Waals surface area contributed by atoms with Crippen LogP contribution in [0.3, 0.4) is 0 Å². The van der Waals surface area contributed by atoms with E-state index in [2.05, 4.69) is 25.5 Å². The molecule has 0 aliphatic heterocycles. The molecule has 0 unspecified atom stereocenters. The highest BCUT2D eigenvalue weighted by Crippen LogP contribution is 2.29. The molecule has 4 aromatic rings. The van der Waals surface area contributed by atoms with Crippen LogP contribution in [-0.4, -0.2) is 35.4 Å².